The van der Waals surface area contributed by atoms with Crippen molar-refractivity contribution in [3.8, 4) is 0 Å². The van der Waals surface area contributed by atoms with Gasteiger partial charge in [0.25, 0.3) is 0 Å². The fourth-order valence-electron chi connectivity index (χ4n) is 1.74. The SMILES string of the molecule is COC(=O)[C@H](C)N(C)C(=O)CCCCC1C=CSS1. The van der Waals surface area contributed by atoms with Crippen molar-refractivity contribution in [1.82, 2.24) is 4.90 Å². The summed E-state index contributed by atoms with van der Waals surface area (Å²) < 4.78 is 4.63. The van der Waals surface area contributed by atoms with Gasteiger partial charge in [-0.15, -0.1) is 0 Å². The Bertz CT molecular complexity index is 347. The lowest BCUT2D eigenvalue weighted by Crippen LogP contribution is -2.40. The molecule has 0 bridgehead atoms. The molecule has 0 aliphatic carbocycles. The Kier molecular flexibility index (Phi) is 7.38. The molecular formula is C13H21NO3S2. The number of unbranched alkanes of at least 4 members (excludes halogenated alkanes) is 1. The third-order valence-electron chi connectivity index (χ3n) is 3.17. The molecule has 1 heterocycles. The third-order valence-corrected chi connectivity index (χ3v) is 5.60. The topological polar surface area (TPSA) is 46.6 Å². The molecule has 0 N–H and O–H groups in total. The van der Waals surface area contributed by atoms with Crippen molar-refractivity contribution in [3.63, 3.8) is 0 Å². The van der Waals surface area contributed by atoms with Gasteiger partial charge in [0.2, 0.25) is 5.91 Å². The van der Waals surface area contributed by atoms with E-state index in [1.165, 1.54) is 12.0 Å². The molecule has 1 rings (SSSR count). The number of ether oxygens (including phenoxy) is 1. The standard InChI is InChI=1S/C13H21NO3S2/c1-10(13(16)17-3)14(2)12(15)7-5-4-6-11-8-9-18-19-11/h8-11H,4-7H2,1-3H3/t10-,11?/m0/s1. The van der Waals surface area contributed by atoms with E-state index < -0.39 is 6.04 Å². The van der Waals surface area contributed by atoms with Gasteiger partial charge in [-0.2, -0.15) is 0 Å². The van der Waals surface area contributed by atoms with Gasteiger partial charge in [0.05, 0.1) is 7.11 Å². The molecular weight excluding hydrogens is 282 g/mol. The summed E-state index contributed by atoms with van der Waals surface area (Å²) in [5, 5.41) is 2.71. The fraction of sp³-hybridized carbons (Fsp3) is 0.692. The summed E-state index contributed by atoms with van der Waals surface area (Å²) in [7, 11) is 6.62. The van der Waals surface area contributed by atoms with E-state index in [0.29, 0.717) is 11.7 Å². The highest BCUT2D eigenvalue weighted by molar-refractivity contribution is 8.78. The molecule has 0 aromatic carbocycles. The zero-order valence-corrected chi connectivity index (χ0v) is 13.3. The van der Waals surface area contributed by atoms with Crippen LogP contribution in [-0.2, 0) is 14.3 Å². The maximum atomic E-state index is 11.9. The van der Waals surface area contributed by atoms with Crippen LogP contribution in [0.5, 0.6) is 0 Å². The number of hydrogen-bond acceptors (Lipinski definition) is 5. The predicted molar refractivity (Wildman–Crippen MR) is 80.8 cm³/mol. The average molecular weight is 303 g/mol. The van der Waals surface area contributed by atoms with Gasteiger partial charge in [0.1, 0.15) is 6.04 Å². The molecule has 0 fully saturated rings. The van der Waals surface area contributed by atoms with Crippen LogP contribution < -0.4 is 0 Å². The van der Waals surface area contributed by atoms with E-state index in [1.807, 2.05) is 10.8 Å². The Morgan fingerprint density at radius 1 is 1.42 bits per heavy atom. The Hall–Kier alpha value is -0.620. The van der Waals surface area contributed by atoms with Gasteiger partial charge in [-0.3, -0.25) is 4.79 Å². The molecule has 108 valence electrons. The summed E-state index contributed by atoms with van der Waals surface area (Å²) in [6.07, 6.45) is 5.72. The van der Waals surface area contributed by atoms with Crippen molar-refractivity contribution in [2.75, 3.05) is 14.2 Å². The molecule has 1 unspecified atom stereocenters. The van der Waals surface area contributed by atoms with Crippen LogP contribution in [0.4, 0.5) is 0 Å². The largest absolute Gasteiger partial charge is 0.467 e. The second kappa shape index (κ2) is 8.53. The first kappa shape index (κ1) is 16.4. The summed E-state index contributed by atoms with van der Waals surface area (Å²) >= 11 is 0. The van der Waals surface area contributed by atoms with Gasteiger partial charge in [-0.25, -0.2) is 4.79 Å². The van der Waals surface area contributed by atoms with E-state index in [2.05, 4.69) is 16.2 Å². The van der Waals surface area contributed by atoms with Crippen molar-refractivity contribution >= 4 is 33.5 Å². The summed E-state index contributed by atoms with van der Waals surface area (Å²) in [4.78, 5) is 24.7. The highest BCUT2D eigenvalue weighted by Gasteiger charge is 2.22. The molecule has 4 nitrogen and oxygen atoms in total. The van der Waals surface area contributed by atoms with Gasteiger partial charge < -0.3 is 9.64 Å². The second-order valence-electron chi connectivity index (χ2n) is 4.51. The molecule has 0 aromatic heterocycles. The first-order valence-electron chi connectivity index (χ1n) is 6.38. The zero-order valence-electron chi connectivity index (χ0n) is 11.6. The molecule has 0 aromatic rings. The molecule has 19 heavy (non-hydrogen) atoms. The lowest BCUT2D eigenvalue weighted by molar-refractivity contribution is -0.151. The van der Waals surface area contributed by atoms with Gasteiger partial charge in [-0.05, 0) is 25.2 Å². The van der Waals surface area contributed by atoms with Crippen LogP contribution in [0.3, 0.4) is 0 Å². The smallest absolute Gasteiger partial charge is 0.328 e. The van der Waals surface area contributed by atoms with Crippen LogP contribution >= 0.6 is 21.6 Å². The zero-order chi connectivity index (χ0) is 14.3. The Morgan fingerprint density at radius 2 is 2.16 bits per heavy atom. The first-order valence-corrected chi connectivity index (χ1v) is 8.66. The van der Waals surface area contributed by atoms with Crippen molar-refractivity contribution in [1.29, 1.82) is 0 Å². The normalized spacial score (nSPS) is 19.2. The Morgan fingerprint density at radius 3 is 2.74 bits per heavy atom. The average Bonchev–Trinajstić information content (AvgIpc) is 2.93. The highest BCUT2D eigenvalue weighted by atomic mass is 33.1. The number of carbonyl (C=O) groups is 2. The van der Waals surface area contributed by atoms with Crippen molar-refractivity contribution in [3.05, 3.63) is 11.5 Å². The Labute approximate surface area is 122 Å². The van der Waals surface area contributed by atoms with Gasteiger partial charge >= 0.3 is 5.97 Å². The minimum Gasteiger partial charge on any atom is -0.467 e. The molecule has 1 amide bonds. The summed E-state index contributed by atoms with van der Waals surface area (Å²) in [6, 6.07) is -0.512. The van der Waals surface area contributed by atoms with E-state index in [0.717, 1.165) is 19.3 Å². The van der Waals surface area contributed by atoms with Gasteiger partial charge in [0.15, 0.2) is 0 Å². The van der Waals surface area contributed by atoms with Crippen molar-refractivity contribution in [2.24, 2.45) is 0 Å². The minimum atomic E-state index is -0.512. The first-order chi connectivity index (χ1) is 9.06. The fourth-order valence-corrected chi connectivity index (χ4v) is 4.00. The quantitative estimate of drug-likeness (QED) is 0.411. The maximum Gasteiger partial charge on any atom is 0.328 e. The molecule has 0 radical (unpaired) electrons. The van der Waals surface area contributed by atoms with E-state index in [4.69, 9.17) is 0 Å². The molecule has 2 atom stereocenters. The maximum absolute atomic E-state index is 11.9. The second-order valence-corrected chi connectivity index (χ2v) is 6.93. The summed E-state index contributed by atoms with van der Waals surface area (Å²) in [5.41, 5.74) is 0. The lowest BCUT2D eigenvalue weighted by atomic mass is 10.1. The van der Waals surface area contributed by atoms with Crippen LogP contribution in [0.25, 0.3) is 0 Å². The van der Waals surface area contributed by atoms with E-state index in [1.54, 1.807) is 24.8 Å². The molecule has 1 aliphatic rings. The van der Waals surface area contributed by atoms with Crippen molar-refractivity contribution in [2.45, 2.75) is 43.9 Å². The number of carbonyl (C=O) groups excluding carboxylic acids is 2. The number of esters is 1. The molecule has 0 saturated heterocycles. The number of methoxy groups -OCH3 is 1. The van der Waals surface area contributed by atoms with Crippen LogP contribution in [0.15, 0.2) is 11.5 Å². The Balaban J connectivity index is 2.19. The highest BCUT2D eigenvalue weighted by Crippen LogP contribution is 2.37. The van der Waals surface area contributed by atoms with E-state index in [-0.39, 0.29) is 11.9 Å². The summed E-state index contributed by atoms with van der Waals surface area (Å²) in [5.74, 6) is -0.373. The van der Waals surface area contributed by atoms with Crippen molar-refractivity contribution < 1.29 is 14.3 Å². The molecule has 1 aliphatic heterocycles. The minimum absolute atomic E-state index is 0.00175. The number of nitrogens with zero attached hydrogens (tertiary/aromatic N) is 1. The number of rotatable bonds is 7. The van der Waals surface area contributed by atoms with Crippen LogP contribution in [-0.4, -0.2) is 42.2 Å². The van der Waals surface area contributed by atoms with E-state index in [9.17, 15) is 9.59 Å². The van der Waals surface area contributed by atoms with Crippen LogP contribution in [0.1, 0.15) is 32.6 Å². The van der Waals surface area contributed by atoms with Gasteiger partial charge in [0, 0.05) is 18.7 Å². The third kappa shape index (κ3) is 5.48. The number of hydrogen-bond donors (Lipinski definition) is 0. The summed E-state index contributed by atoms with van der Waals surface area (Å²) in [6.45, 7) is 1.68. The number of likely N-dealkylation sites (N-methyl/N-ethyl adjacent to an activating group) is 1. The van der Waals surface area contributed by atoms with Crippen LogP contribution in [0, 0.1) is 0 Å². The predicted octanol–water partition coefficient (Wildman–Crippen LogP) is 2.84. The molecule has 0 spiro atoms. The van der Waals surface area contributed by atoms with E-state index >= 15 is 0 Å². The molecule has 6 heteroatoms. The lowest BCUT2D eigenvalue weighted by Gasteiger charge is -2.22. The van der Waals surface area contributed by atoms with Crippen LogP contribution in [0.2, 0.25) is 0 Å². The monoisotopic (exact) mass is 303 g/mol. The van der Waals surface area contributed by atoms with Gasteiger partial charge in [-0.1, -0.05) is 34.1 Å². The number of amides is 1. The molecule has 0 saturated carbocycles.